The third-order valence-corrected chi connectivity index (χ3v) is 1.62. The normalized spacial score (nSPS) is 10.2. The summed E-state index contributed by atoms with van der Waals surface area (Å²) in [6.07, 6.45) is -3.16. The van der Waals surface area contributed by atoms with Crippen LogP contribution in [0.1, 0.15) is 17.7 Å². The zero-order valence-corrected chi connectivity index (χ0v) is 6.97. The number of hydrogen-bond donors (Lipinski definition) is 1. The maximum absolute atomic E-state index is 12.7. The highest BCUT2D eigenvalue weighted by Crippen LogP contribution is 2.27. The lowest BCUT2D eigenvalue weighted by Crippen LogP contribution is -2.04. The van der Waals surface area contributed by atoms with E-state index in [4.69, 9.17) is 11.0 Å². The lowest BCUT2D eigenvalue weighted by Gasteiger charge is -2.07. The molecule has 6 heteroatoms. The van der Waals surface area contributed by atoms with Gasteiger partial charge in [-0.25, -0.2) is 13.8 Å². The van der Waals surface area contributed by atoms with Gasteiger partial charge in [0.15, 0.2) is 0 Å². The molecule has 0 aliphatic heterocycles. The van der Waals surface area contributed by atoms with Crippen molar-refractivity contribution < 1.29 is 13.2 Å². The topological polar surface area (TPSA) is 62.7 Å². The van der Waals surface area contributed by atoms with Gasteiger partial charge >= 0.3 is 0 Å². The van der Waals surface area contributed by atoms with Crippen LogP contribution in [0.25, 0.3) is 0 Å². The number of rotatable bonds is 2. The number of halogens is 3. The lowest BCUT2D eigenvalue weighted by atomic mass is 10.1. The molecule has 3 nitrogen and oxygen atoms in total. The van der Waals surface area contributed by atoms with Crippen LogP contribution in [-0.2, 0) is 6.42 Å². The maximum atomic E-state index is 12.7. The van der Waals surface area contributed by atoms with E-state index >= 15 is 0 Å². The Hall–Kier alpha value is -1.77. The molecule has 2 N–H and O–H groups in total. The number of nitrogens with zero attached hydrogens (tertiary/aromatic N) is 2. The minimum absolute atomic E-state index is 0.150. The molecule has 0 bridgehead atoms. The van der Waals surface area contributed by atoms with Gasteiger partial charge in [-0.15, -0.1) is 0 Å². The van der Waals surface area contributed by atoms with Gasteiger partial charge in [0.25, 0.3) is 6.43 Å². The summed E-state index contributed by atoms with van der Waals surface area (Å²) in [5.74, 6) is -1.06. The third-order valence-electron chi connectivity index (χ3n) is 1.62. The Labute approximate surface area is 78.0 Å². The summed E-state index contributed by atoms with van der Waals surface area (Å²) in [5.41, 5.74) is 4.19. The smallest absolute Gasteiger partial charge is 0.266 e. The van der Waals surface area contributed by atoms with Gasteiger partial charge in [-0.3, -0.25) is 0 Å². The van der Waals surface area contributed by atoms with Crippen molar-refractivity contribution in [2.24, 2.45) is 0 Å². The largest absolute Gasteiger partial charge is 0.397 e. The second-order valence-corrected chi connectivity index (χ2v) is 2.53. The average Bonchev–Trinajstić information content (AvgIpc) is 2.10. The van der Waals surface area contributed by atoms with E-state index in [1.165, 1.54) is 0 Å². The summed E-state index contributed by atoms with van der Waals surface area (Å²) in [7, 11) is 0. The molecule has 1 aromatic heterocycles. The van der Waals surface area contributed by atoms with Gasteiger partial charge < -0.3 is 5.73 Å². The number of pyridine rings is 1. The first kappa shape index (κ1) is 10.3. The first-order chi connectivity index (χ1) is 6.56. The summed E-state index contributed by atoms with van der Waals surface area (Å²) in [6, 6.07) is 2.23. The van der Waals surface area contributed by atoms with E-state index in [1.54, 1.807) is 6.07 Å². The zero-order chi connectivity index (χ0) is 10.7. The summed E-state index contributed by atoms with van der Waals surface area (Å²) >= 11 is 0. The highest BCUT2D eigenvalue weighted by Gasteiger charge is 2.16. The minimum atomic E-state index is -2.87. The fourth-order valence-corrected chi connectivity index (χ4v) is 0.984. The van der Waals surface area contributed by atoms with Crippen LogP contribution in [0.2, 0.25) is 0 Å². The van der Waals surface area contributed by atoms with E-state index in [-0.39, 0.29) is 17.8 Å². The quantitative estimate of drug-likeness (QED) is 0.742. The van der Waals surface area contributed by atoms with Gasteiger partial charge in [0.2, 0.25) is 5.95 Å². The van der Waals surface area contributed by atoms with E-state index < -0.39 is 17.9 Å². The van der Waals surface area contributed by atoms with Crippen molar-refractivity contribution in [1.82, 2.24) is 4.98 Å². The Morgan fingerprint density at radius 2 is 2.21 bits per heavy atom. The Morgan fingerprint density at radius 3 is 2.71 bits per heavy atom. The Balaban J connectivity index is 3.26. The van der Waals surface area contributed by atoms with E-state index in [1.807, 2.05) is 0 Å². The van der Waals surface area contributed by atoms with Gasteiger partial charge in [0.1, 0.15) is 0 Å². The second-order valence-electron chi connectivity index (χ2n) is 2.53. The monoisotopic (exact) mass is 201 g/mol. The Kier molecular flexibility index (Phi) is 2.92. The highest BCUT2D eigenvalue weighted by molar-refractivity contribution is 5.52. The van der Waals surface area contributed by atoms with Crippen LogP contribution < -0.4 is 5.73 Å². The molecule has 1 heterocycles. The number of hydrogen-bond acceptors (Lipinski definition) is 3. The number of nitrogens with two attached hydrogens (primary N) is 1. The molecule has 0 saturated carbocycles. The maximum Gasteiger partial charge on any atom is 0.266 e. The zero-order valence-electron chi connectivity index (χ0n) is 6.97. The van der Waals surface area contributed by atoms with Crippen LogP contribution in [-0.4, -0.2) is 4.98 Å². The first-order valence-corrected chi connectivity index (χ1v) is 3.66. The standard InChI is InChI=1S/C8H6F3N3/c9-6-3-4(8(10)11)7(13)5(14-6)1-2-12/h3,8H,1,13H2. The van der Waals surface area contributed by atoms with Crippen molar-refractivity contribution >= 4 is 5.69 Å². The molecule has 14 heavy (non-hydrogen) atoms. The van der Waals surface area contributed by atoms with Crippen LogP contribution in [0.5, 0.6) is 0 Å². The van der Waals surface area contributed by atoms with Crippen molar-refractivity contribution in [3.8, 4) is 6.07 Å². The van der Waals surface area contributed by atoms with Gasteiger partial charge in [0.05, 0.1) is 23.9 Å². The predicted octanol–water partition coefficient (Wildman–Crippen LogP) is 1.81. The Bertz CT molecular complexity index is 384. The van der Waals surface area contributed by atoms with Crippen LogP contribution >= 0.6 is 0 Å². The third kappa shape index (κ3) is 1.93. The molecule has 0 aliphatic rings. The van der Waals surface area contributed by atoms with Crippen molar-refractivity contribution in [3.05, 3.63) is 23.3 Å². The lowest BCUT2D eigenvalue weighted by molar-refractivity contribution is 0.151. The van der Waals surface area contributed by atoms with E-state index in [0.29, 0.717) is 6.07 Å². The molecule has 0 amide bonds. The fourth-order valence-electron chi connectivity index (χ4n) is 0.984. The molecule has 1 aromatic rings. The van der Waals surface area contributed by atoms with Crippen LogP contribution in [0, 0.1) is 17.3 Å². The molecular weight excluding hydrogens is 195 g/mol. The molecule has 0 aliphatic carbocycles. The number of anilines is 1. The number of nitriles is 1. The Morgan fingerprint density at radius 1 is 1.57 bits per heavy atom. The molecule has 1 rings (SSSR count). The number of nitrogen functional groups attached to an aromatic ring is 1. The molecular formula is C8H6F3N3. The molecule has 0 aromatic carbocycles. The molecule has 74 valence electrons. The van der Waals surface area contributed by atoms with Crippen molar-refractivity contribution in [2.75, 3.05) is 5.73 Å². The first-order valence-electron chi connectivity index (χ1n) is 3.66. The van der Waals surface area contributed by atoms with Crippen LogP contribution in [0.4, 0.5) is 18.9 Å². The summed E-state index contributed by atoms with van der Waals surface area (Å²) in [4.78, 5) is 3.26. The van der Waals surface area contributed by atoms with Crippen molar-refractivity contribution in [3.63, 3.8) is 0 Å². The molecule has 0 fully saturated rings. The van der Waals surface area contributed by atoms with E-state index in [2.05, 4.69) is 4.98 Å². The molecule has 0 atom stereocenters. The fraction of sp³-hybridized carbons (Fsp3) is 0.250. The van der Waals surface area contributed by atoms with E-state index in [9.17, 15) is 13.2 Å². The van der Waals surface area contributed by atoms with Gasteiger partial charge in [0, 0.05) is 11.6 Å². The summed E-state index contributed by atoms with van der Waals surface area (Å²) in [6.45, 7) is 0. The average molecular weight is 201 g/mol. The SMILES string of the molecule is N#CCc1nc(F)cc(C(F)F)c1N. The molecule has 0 unspecified atom stereocenters. The molecule has 0 radical (unpaired) electrons. The minimum Gasteiger partial charge on any atom is -0.397 e. The van der Waals surface area contributed by atoms with Crippen LogP contribution in [0.3, 0.4) is 0 Å². The van der Waals surface area contributed by atoms with Gasteiger partial charge in [-0.2, -0.15) is 9.65 Å². The summed E-state index contributed by atoms with van der Waals surface area (Å²) < 4.78 is 37.2. The molecule has 0 spiro atoms. The number of alkyl halides is 2. The van der Waals surface area contributed by atoms with Crippen molar-refractivity contribution in [1.29, 1.82) is 5.26 Å². The molecule has 0 saturated heterocycles. The number of aromatic nitrogens is 1. The van der Waals surface area contributed by atoms with E-state index in [0.717, 1.165) is 0 Å². The predicted molar refractivity (Wildman–Crippen MR) is 42.9 cm³/mol. The van der Waals surface area contributed by atoms with Gasteiger partial charge in [-0.05, 0) is 0 Å². The van der Waals surface area contributed by atoms with Gasteiger partial charge in [-0.1, -0.05) is 0 Å². The second kappa shape index (κ2) is 3.96. The van der Waals surface area contributed by atoms with Crippen molar-refractivity contribution in [2.45, 2.75) is 12.8 Å². The highest BCUT2D eigenvalue weighted by atomic mass is 19.3. The summed E-state index contributed by atoms with van der Waals surface area (Å²) in [5, 5.41) is 8.31. The van der Waals surface area contributed by atoms with Crippen LogP contribution in [0.15, 0.2) is 6.07 Å².